The molecule has 0 fully saturated rings. The molecular weight excluding hydrogens is 314 g/mol. The number of hydrogen-bond donors (Lipinski definition) is 2. The largest absolute Gasteiger partial charge is 0.380 e. The number of anilines is 2. The third-order valence-corrected chi connectivity index (χ3v) is 3.49. The molecule has 2 heterocycles. The van der Waals surface area contributed by atoms with Gasteiger partial charge in [-0.2, -0.15) is 5.26 Å². The zero-order valence-electron chi connectivity index (χ0n) is 13.3. The van der Waals surface area contributed by atoms with Crippen molar-refractivity contribution in [2.24, 2.45) is 0 Å². The molecule has 0 saturated carbocycles. The van der Waals surface area contributed by atoms with Gasteiger partial charge in [0, 0.05) is 24.6 Å². The van der Waals surface area contributed by atoms with Crippen LogP contribution in [0.4, 0.5) is 11.4 Å². The highest BCUT2D eigenvalue weighted by Gasteiger charge is 2.07. The Bertz CT molecular complexity index is 884. The van der Waals surface area contributed by atoms with E-state index in [1.807, 2.05) is 18.2 Å². The lowest BCUT2D eigenvalue weighted by atomic mass is 10.2. The van der Waals surface area contributed by atoms with E-state index in [4.69, 9.17) is 5.26 Å². The maximum absolute atomic E-state index is 12.2. The van der Waals surface area contributed by atoms with Crippen molar-refractivity contribution in [1.29, 1.82) is 5.26 Å². The van der Waals surface area contributed by atoms with Crippen LogP contribution in [-0.2, 0) is 6.54 Å². The first-order valence-corrected chi connectivity index (χ1v) is 7.65. The van der Waals surface area contributed by atoms with Crippen LogP contribution >= 0.6 is 0 Å². The monoisotopic (exact) mass is 329 g/mol. The quantitative estimate of drug-likeness (QED) is 0.750. The van der Waals surface area contributed by atoms with Crippen LogP contribution in [0.3, 0.4) is 0 Å². The highest BCUT2D eigenvalue weighted by atomic mass is 16.1. The lowest BCUT2D eigenvalue weighted by Crippen LogP contribution is -2.13. The van der Waals surface area contributed by atoms with Crippen LogP contribution in [0.15, 0.2) is 67.1 Å². The highest BCUT2D eigenvalue weighted by molar-refractivity contribution is 6.02. The topological polar surface area (TPSA) is 90.7 Å². The third-order valence-electron chi connectivity index (χ3n) is 3.49. The fraction of sp³-hybridized carbons (Fsp3) is 0.0526. The van der Waals surface area contributed by atoms with E-state index in [0.29, 0.717) is 23.5 Å². The van der Waals surface area contributed by atoms with Gasteiger partial charge in [0.25, 0.3) is 5.91 Å². The van der Waals surface area contributed by atoms with E-state index in [2.05, 4.69) is 20.6 Å². The lowest BCUT2D eigenvalue weighted by molar-refractivity contribution is 0.102. The molecule has 3 aromatic rings. The van der Waals surface area contributed by atoms with Crippen molar-refractivity contribution in [1.82, 2.24) is 9.97 Å². The molecule has 0 aliphatic carbocycles. The molecule has 0 aliphatic heterocycles. The molecule has 0 atom stereocenters. The van der Waals surface area contributed by atoms with Crippen LogP contribution in [0.1, 0.15) is 21.6 Å². The first-order chi connectivity index (χ1) is 12.2. The Kier molecular flexibility index (Phi) is 4.98. The summed E-state index contributed by atoms with van der Waals surface area (Å²) in [4.78, 5) is 20.4. The number of carbonyl (C=O) groups excluding carboxylic acids is 1. The SMILES string of the molecule is N#Cc1ccc(NC(=O)c2ccc(NCc3cccnc3)cn2)cc1. The number of nitrogens with zero attached hydrogens (tertiary/aromatic N) is 3. The first-order valence-electron chi connectivity index (χ1n) is 7.65. The van der Waals surface area contributed by atoms with Gasteiger partial charge in [0.15, 0.2) is 0 Å². The molecule has 0 bridgehead atoms. The Balaban J connectivity index is 1.59. The number of amides is 1. The zero-order valence-corrected chi connectivity index (χ0v) is 13.3. The summed E-state index contributed by atoms with van der Waals surface area (Å²) in [6.45, 7) is 0.631. The summed E-state index contributed by atoms with van der Waals surface area (Å²) in [5.41, 5.74) is 3.35. The van der Waals surface area contributed by atoms with E-state index in [1.165, 1.54) is 0 Å². The van der Waals surface area contributed by atoms with E-state index in [-0.39, 0.29) is 5.91 Å². The number of carbonyl (C=O) groups is 1. The maximum atomic E-state index is 12.2. The second-order valence-corrected chi connectivity index (χ2v) is 5.29. The van der Waals surface area contributed by atoms with Crippen molar-refractivity contribution in [3.05, 3.63) is 83.9 Å². The van der Waals surface area contributed by atoms with Crippen molar-refractivity contribution in [2.75, 3.05) is 10.6 Å². The van der Waals surface area contributed by atoms with Crippen molar-refractivity contribution in [3.8, 4) is 6.07 Å². The van der Waals surface area contributed by atoms with Gasteiger partial charge in [-0.1, -0.05) is 6.07 Å². The molecule has 6 heteroatoms. The standard InChI is InChI=1S/C19H15N5O/c20-10-14-3-5-16(6-4-14)24-19(25)18-8-7-17(13-23-18)22-12-15-2-1-9-21-11-15/h1-9,11,13,22H,12H2,(H,24,25). The van der Waals surface area contributed by atoms with E-state index in [0.717, 1.165) is 11.3 Å². The van der Waals surface area contributed by atoms with Crippen molar-refractivity contribution < 1.29 is 4.79 Å². The molecule has 0 aliphatic rings. The van der Waals surface area contributed by atoms with Gasteiger partial charge in [0.05, 0.1) is 23.5 Å². The molecule has 2 N–H and O–H groups in total. The number of aromatic nitrogens is 2. The minimum atomic E-state index is -0.302. The van der Waals surface area contributed by atoms with Crippen LogP contribution in [0.2, 0.25) is 0 Å². The van der Waals surface area contributed by atoms with Gasteiger partial charge in [-0.25, -0.2) is 4.98 Å². The van der Waals surface area contributed by atoms with Gasteiger partial charge < -0.3 is 10.6 Å². The van der Waals surface area contributed by atoms with Gasteiger partial charge in [-0.05, 0) is 48.0 Å². The third kappa shape index (κ3) is 4.39. The molecule has 0 radical (unpaired) electrons. The Morgan fingerprint density at radius 2 is 1.84 bits per heavy atom. The molecular formula is C19H15N5O. The van der Waals surface area contributed by atoms with Crippen LogP contribution in [-0.4, -0.2) is 15.9 Å². The second kappa shape index (κ2) is 7.70. The predicted octanol–water partition coefficient (Wildman–Crippen LogP) is 3.21. The summed E-state index contributed by atoms with van der Waals surface area (Å²) >= 11 is 0. The van der Waals surface area contributed by atoms with E-state index < -0.39 is 0 Å². The number of nitrogens with one attached hydrogen (secondary N) is 2. The van der Waals surface area contributed by atoms with Gasteiger partial charge in [0.1, 0.15) is 5.69 Å². The van der Waals surface area contributed by atoms with Crippen molar-refractivity contribution in [3.63, 3.8) is 0 Å². The molecule has 2 aromatic heterocycles. The van der Waals surface area contributed by atoms with Crippen LogP contribution in [0, 0.1) is 11.3 Å². The molecule has 122 valence electrons. The summed E-state index contributed by atoms with van der Waals surface area (Å²) in [6.07, 6.45) is 5.14. The molecule has 1 amide bonds. The molecule has 25 heavy (non-hydrogen) atoms. The molecule has 0 saturated heterocycles. The summed E-state index contributed by atoms with van der Waals surface area (Å²) in [5, 5.41) is 14.7. The average Bonchev–Trinajstić information content (AvgIpc) is 2.68. The first kappa shape index (κ1) is 16.1. The van der Waals surface area contributed by atoms with Crippen LogP contribution in [0.25, 0.3) is 0 Å². The summed E-state index contributed by atoms with van der Waals surface area (Å²) in [5.74, 6) is -0.302. The van der Waals surface area contributed by atoms with Gasteiger partial charge in [-0.15, -0.1) is 0 Å². The van der Waals surface area contributed by atoms with Crippen LogP contribution < -0.4 is 10.6 Å². The van der Waals surface area contributed by atoms with E-state index in [9.17, 15) is 4.79 Å². The zero-order chi connectivity index (χ0) is 17.5. The molecule has 0 unspecified atom stereocenters. The number of benzene rings is 1. The summed E-state index contributed by atoms with van der Waals surface area (Å²) in [7, 11) is 0. The molecule has 0 spiro atoms. The minimum absolute atomic E-state index is 0.302. The number of nitriles is 1. The Morgan fingerprint density at radius 3 is 2.48 bits per heavy atom. The smallest absolute Gasteiger partial charge is 0.274 e. The van der Waals surface area contributed by atoms with Gasteiger partial charge >= 0.3 is 0 Å². The van der Waals surface area contributed by atoms with Crippen molar-refractivity contribution >= 4 is 17.3 Å². The van der Waals surface area contributed by atoms with E-state index >= 15 is 0 Å². The molecule has 1 aromatic carbocycles. The average molecular weight is 329 g/mol. The normalized spacial score (nSPS) is 9.88. The minimum Gasteiger partial charge on any atom is -0.380 e. The number of rotatable bonds is 5. The molecule has 3 rings (SSSR count). The summed E-state index contributed by atoms with van der Waals surface area (Å²) in [6, 6.07) is 16.0. The summed E-state index contributed by atoms with van der Waals surface area (Å²) < 4.78 is 0. The fourth-order valence-electron chi connectivity index (χ4n) is 2.16. The second-order valence-electron chi connectivity index (χ2n) is 5.29. The van der Waals surface area contributed by atoms with Gasteiger partial charge in [0.2, 0.25) is 0 Å². The Labute approximate surface area is 145 Å². The lowest BCUT2D eigenvalue weighted by Gasteiger charge is -2.07. The fourth-order valence-corrected chi connectivity index (χ4v) is 2.16. The molecule has 6 nitrogen and oxygen atoms in total. The number of pyridine rings is 2. The predicted molar refractivity (Wildman–Crippen MR) is 94.9 cm³/mol. The highest BCUT2D eigenvalue weighted by Crippen LogP contribution is 2.12. The van der Waals surface area contributed by atoms with Gasteiger partial charge in [-0.3, -0.25) is 9.78 Å². The number of hydrogen-bond acceptors (Lipinski definition) is 5. The Hall–Kier alpha value is -3.72. The van der Waals surface area contributed by atoms with E-state index in [1.54, 1.807) is 55.0 Å². The van der Waals surface area contributed by atoms with Crippen molar-refractivity contribution in [2.45, 2.75) is 6.54 Å². The Morgan fingerprint density at radius 1 is 1.04 bits per heavy atom. The van der Waals surface area contributed by atoms with Crippen LogP contribution in [0.5, 0.6) is 0 Å². The maximum Gasteiger partial charge on any atom is 0.274 e.